The molecule has 0 bridgehead atoms. The Morgan fingerprint density at radius 1 is 1.12 bits per heavy atom. The van der Waals surface area contributed by atoms with Gasteiger partial charge in [-0.15, -0.1) is 0 Å². The molecule has 2 aromatic carbocycles. The number of carbonyl (C=O) groups is 1. The molecular formula is C28H34N4O2. The van der Waals surface area contributed by atoms with Gasteiger partial charge in [-0.05, 0) is 72.8 Å². The fourth-order valence-corrected chi connectivity index (χ4v) is 4.89. The highest BCUT2D eigenvalue weighted by molar-refractivity contribution is 5.94. The minimum absolute atomic E-state index is 0.0688. The minimum atomic E-state index is -0.945. The van der Waals surface area contributed by atoms with Gasteiger partial charge in [0, 0.05) is 38.2 Å². The number of rotatable bonds is 7. The molecule has 3 aromatic rings. The van der Waals surface area contributed by atoms with Crippen molar-refractivity contribution in [1.29, 1.82) is 0 Å². The first-order chi connectivity index (χ1) is 16.3. The van der Waals surface area contributed by atoms with Gasteiger partial charge in [-0.2, -0.15) is 0 Å². The number of aromatic carboxylic acids is 1. The number of nitrogens with zero attached hydrogens (tertiary/aromatic N) is 4. The third-order valence-corrected chi connectivity index (χ3v) is 6.69. The van der Waals surface area contributed by atoms with E-state index in [4.69, 9.17) is 0 Å². The lowest BCUT2D eigenvalue weighted by molar-refractivity contribution is 0.0697. The zero-order valence-electron chi connectivity index (χ0n) is 20.7. The van der Waals surface area contributed by atoms with Gasteiger partial charge < -0.3 is 14.9 Å². The Morgan fingerprint density at radius 3 is 2.50 bits per heavy atom. The van der Waals surface area contributed by atoms with E-state index in [0.29, 0.717) is 11.6 Å². The standard InChI is InChI=1S/C28H34N4O2/c1-19(2)16-20-6-8-22(9-7-20)31(4)23-10-11-24-21(17-23)13-15-30(3)27(24)32(5)26-18-29-14-12-25(26)28(33)34/h6-12,14,17-19,27H,13,15-16H2,1-5H3,(H,33,34)/t27-/m0/s1. The van der Waals surface area contributed by atoms with Crippen molar-refractivity contribution in [3.05, 3.63) is 83.2 Å². The number of carboxylic acid groups (broad SMARTS) is 1. The minimum Gasteiger partial charge on any atom is -0.478 e. The van der Waals surface area contributed by atoms with Crippen molar-refractivity contribution in [1.82, 2.24) is 9.88 Å². The average molecular weight is 459 g/mol. The fourth-order valence-electron chi connectivity index (χ4n) is 4.89. The number of likely N-dealkylation sites (N-methyl/N-ethyl adjacent to an activating group) is 1. The highest BCUT2D eigenvalue weighted by atomic mass is 16.4. The van der Waals surface area contributed by atoms with E-state index < -0.39 is 5.97 Å². The van der Waals surface area contributed by atoms with Crippen molar-refractivity contribution in [2.24, 2.45) is 5.92 Å². The van der Waals surface area contributed by atoms with Gasteiger partial charge in [-0.1, -0.05) is 32.0 Å². The maximum atomic E-state index is 11.8. The molecule has 0 fully saturated rings. The van der Waals surface area contributed by atoms with Gasteiger partial charge in [0.15, 0.2) is 0 Å². The van der Waals surface area contributed by atoms with E-state index in [2.05, 4.69) is 85.2 Å². The first-order valence-electron chi connectivity index (χ1n) is 11.8. The van der Waals surface area contributed by atoms with E-state index in [0.717, 1.165) is 30.8 Å². The van der Waals surface area contributed by atoms with Gasteiger partial charge in [0.1, 0.15) is 6.17 Å². The van der Waals surface area contributed by atoms with Gasteiger partial charge in [-0.25, -0.2) is 4.79 Å². The van der Waals surface area contributed by atoms with Crippen molar-refractivity contribution in [2.45, 2.75) is 32.9 Å². The molecular weight excluding hydrogens is 424 g/mol. The lowest BCUT2D eigenvalue weighted by Gasteiger charge is -2.41. The molecule has 1 aliphatic rings. The number of carboxylic acids is 1. The summed E-state index contributed by atoms with van der Waals surface area (Å²) in [4.78, 5) is 22.5. The first kappa shape index (κ1) is 23.8. The molecule has 0 saturated heterocycles. The lowest BCUT2D eigenvalue weighted by Crippen LogP contribution is -2.42. The van der Waals surface area contributed by atoms with Crippen molar-refractivity contribution < 1.29 is 9.90 Å². The molecule has 4 rings (SSSR count). The predicted molar refractivity (Wildman–Crippen MR) is 138 cm³/mol. The first-order valence-corrected chi connectivity index (χ1v) is 11.8. The second-order valence-corrected chi connectivity index (χ2v) is 9.62. The van der Waals surface area contributed by atoms with Crippen LogP contribution >= 0.6 is 0 Å². The van der Waals surface area contributed by atoms with Crippen LogP contribution in [0.4, 0.5) is 17.1 Å². The molecule has 6 heteroatoms. The largest absolute Gasteiger partial charge is 0.478 e. The summed E-state index contributed by atoms with van der Waals surface area (Å²) in [6.45, 7) is 5.37. The Morgan fingerprint density at radius 2 is 1.82 bits per heavy atom. The van der Waals surface area contributed by atoms with Crippen LogP contribution in [0.25, 0.3) is 0 Å². The zero-order chi connectivity index (χ0) is 24.4. The number of hydrogen-bond donors (Lipinski definition) is 1. The maximum absolute atomic E-state index is 11.8. The third-order valence-electron chi connectivity index (χ3n) is 6.69. The summed E-state index contributed by atoms with van der Waals surface area (Å²) in [5.74, 6) is -0.300. The SMILES string of the molecule is CC(C)Cc1ccc(N(C)c2ccc3c(c2)CCN(C)[C@H]3N(C)c2cnccc2C(=O)O)cc1. The van der Waals surface area contributed by atoms with Crippen molar-refractivity contribution in [3.63, 3.8) is 0 Å². The van der Waals surface area contributed by atoms with Crippen LogP contribution in [-0.4, -0.2) is 48.6 Å². The topological polar surface area (TPSA) is 59.9 Å². The second-order valence-electron chi connectivity index (χ2n) is 9.62. The fraction of sp³-hybridized carbons (Fsp3) is 0.357. The maximum Gasteiger partial charge on any atom is 0.337 e. The molecule has 178 valence electrons. The molecule has 0 spiro atoms. The summed E-state index contributed by atoms with van der Waals surface area (Å²) >= 11 is 0. The Kier molecular flexibility index (Phi) is 6.89. The Labute approximate surface area is 202 Å². The molecule has 34 heavy (non-hydrogen) atoms. The number of pyridine rings is 1. The van der Waals surface area contributed by atoms with E-state index in [1.165, 1.54) is 22.9 Å². The monoisotopic (exact) mass is 458 g/mol. The molecule has 6 nitrogen and oxygen atoms in total. The van der Waals surface area contributed by atoms with E-state index in [9.17, 15) is 9.90 Å². The summed E-state index contributed by atoms with van der Waals surface area (Å²) in [7, 11) is 6.13. The number of anilines is 3. The number of hydrogen-bond acceptors (Lipinski definition) is 5. The van der Waals surface area contributed by atoms with Gasteiger partial charge >= 0.3 is 5.97 Å². The van der Waals surface area contributed by atoms with Crippen molar-refractivity contribution in [2.75, 3.05) is 37.5 Å². The summed E-state index contributed by atoms with van der Waals surface area (Å²) in [5.41, 5.74) is 7.03. The van der Waals surface area contributed by atoms with Crippen molar-refractivity contribution >= 4 is 23.0 Å². The molecule has 1 atom stereocenters. The smallest absolute Gasteiger partial charge is 0.337 e. The molecule has 0 aliphatic carbocycles. The quantitative estimate of drug-likeness (QED) is 0.514. The van der Waals surface area contributed by atoms with E-state index >= 15 is 0 Å². The average Bonchev–Trinajstić information content (AvgIpc) is 2.83. The van der Waals surface area contributed by atoms with Crippen LogP contribution < -0.4 is 9.80 Å². The molecule has 0 saturated carbocycles. The molecule has 0 amide bonds. The molecule has 0 radical (unpaired) electrons. The number of fused-ring (bicyclic) bond motifs is 1. The molecule has 1 aromatic heterocycles. The van der Waals surface area contributed by atoms with Gasteiger partial charge in [0.05, 0.1) is 17.4 Å². The van der Waals surface area contributed by atoms with E-state index in [1.54, 1.807) is 12.3 Å². The van der Waals surface area contributed by atoms with Gasteiger partial charge in [0.2, 0.25) is 0 Å². The van der Waals surface area contributed by atoms with Crippen LogP contribution in [0.15, 0.2) is 60.9 Å². The Hall–Kier alpha value is -3.38. The van der Waals surface area contributed by atoms with Crippen LogP contribution in [0, 0.1) is 5.92 Å². The predicted octanol–water partition coefficient (Wildman–Crippen LogP) is 5.37. The summed E-state index contributed by atoms with van der Waals surface area (Å²) < 4.78 is 0. The van der Waals surface area contributed by atoms with Crippen LogP contribution in [0.1, 0.15) is 47.1 Å². The second kappa shape index (κ2) is 9.85. The normalized spacial score (nSPS) is 15.8. The van der Waals surface area contributed by atoms with Crippen molar-refractivity contribution in [3.8, 4) is 0 Å². The molecule has 0 unspecified atom stereocenters. The lowest BCUT2D eigenvalue weighted by atomic mass is 9.95. The highest BCUT2D eigenvalue weighted by Gasteiger charge is 2.30. The molecule has 1 aliphatic heterocycles. The number of benzene rings is 2. The van der Waals surface area contributed by atoms with Crippen LogP contribution in [0.3, 0.4) is 0 Å². The van der Waals surface area contributed by atoms with Crippen LogP contribution in [-0.2, 0) is 12.8 Å². The summed E-state index contributed by atoms with van der Waals surface area (Å²) in [6, 6.07) is 17.0. The van der Waals surface area contributed by atoms with Crippen LogP contribution in [0.5, 0.6) is 0 Å². The summed E-state index contributed by atoms with van der Waals surface area (Å²) in [6.07, 6.45) is 5.13. The molecule has 1 N–H and O–H groups in total. The van der Waals surface area contributed by atoms with Gasteiger partial charge in [0.25, 0.3) is 0 Å². The third kappa shape index (κ3) is 4.77. The summed E-state index contributed by atoms with van der Waals surface area (Å²) in [5, 5.41) is 9.67. The highest BCUT2D eigenvalue weighted by Crippen LogP contribution is 2.37. The number of aromatic nitrogens is 1. The van der Waals surface area contributed by atoms with Gasteiger partial charge in [-0.3, -0.25) is 9.88 Å². The van der Waals surface area contributed by atoms with E-state index in [-0.39, 0.29) is 11.7 Å². The van der Waals surface area contributed by atoms with E-state index in [1.807, 2.05) is 11.9 Å². The van der Waals surface area contributed by atoms with Crippen LogP contribution in [0.2, 0.25) is 0 Å². The Bertz CT molecular complexity index is 1160. The Balaban J connectivity index is 1.63. The zero-order valence-corrected chi connectivity index (χ0v) is 20.7. The molecule has 2 heterocycles.